The first-order chi connectivity index (χ1) is 11.3. The van der Waals surface area contributed by atoms with Gasteiger partial charge in [0, 0.05) is 30.2 Å². The normalized spacial score (nSPS) is 10.5. The fraction of sp³-hybridized carbons (Fsp3) is 0.158. The molecule has 0 atom stereocenters. The molecule has 116 valence electrons. The second kappa shape index (κ2) is 6.92. The first-order valence-corrected chi connectivity index (χ1v) is 7.70. The van der Waals surface area contributed by atoms with Gasteiger partial charge in [-0.05, 0) is 35.7 Å². The number of hydrogen-bond acceptors (Lipinski definition) is 2. The highest BCUT2D eigenvalue weighted by Gasteiger charge is 2.08. The van der Waals surface area contributed by atoms with E-state index in [1.165, 1.54) is 0 Å². The maximum atomic E-state index is 12.4. The van der Waals surface area contributed by atoms with Crippen LogP contribution >= 0.6 is 0 Å². The molecule has 4 nitrogen and oxygen atoms in total. The van der Waals surface area contributed by atoms with E-state index in [2.05, 4.69) is 17.2 Å². The number of amides is 1. The molecule has 1 heterocycles. The molecular weight excluding hydrogens is 286 g/mol. The molecular formula is C19H19N3O. The van der Waals surface area contributed by atoms with Crippen LogP contribution < -0.4 is 5.32 Å². The lowest BCUT2D eigenvalue weighted by Crippen LogP contribution is -2.13. The zero-order valence-corrected chi connectivity index (χ0v) is 13.1. The Bertz CT molecular complexity index is 777. The highest BCUT2D eigenvalue weighted by molar-refractivity contribution is 6.04. The number of benzene rings is 2. The molecule has 0 saturated heterocycles. The van der Waals surface area contributed by atoms with Gasteiger partial charge in [0.25, 0.3) is 5.91 Å². The van der Waals surface area contributed by atoms with Gasteiger partial charge in [0.1, 0.15) is 0 Å². The van der Waals surface area contributed by atoms with E-state index < -0.39 is 0 Å². The van der Waals surface area contributed by atoms with Crippen LogP contribution in [0.25, 0.3) is 0 Å². The molecule has 0 aliphatic rings. The van der Waals surface area contributed by atoms with Crippen molar-refractivity contribution in [2.75, 3.05) is 5.32 Å². The summed E-state index contributed by atoms with van der Waals surface area (Å²) in [6.07, 6.45) is 6.35. The van der Waals surface area contributed by atoms with Crippen molar-refractivity contribution in [2.45, 2.75) is 19.9 Å². The molecule has 2 aromatic carbocycles. The number of aromatic nitrogens is 2. The van der Waals surface area contributed by atoms with Crippen molar-refractivity contribution >= 4 is 11.6 Å². The van der Waals surface area contributed by atoms with Gasteiger partial charge in [0.2, 0.25) is 0 Å². The largest absolute Gasteiger partial charge is 0.333 e. The Hall–Kier alpha value is -2.88. The number of carbonyl (C=O) groups is 1. The zero-order valence-electron chi connectivity index (χ0n) is 13.1. The predicted octanol–water partition coefficient (Wildman–Crippen LogP) is 3.75. The summed E-state index contributed by atoms with van der Waals surface area (Å²) >= 11 is 0. The fourth-order valence-electron chi connectivity index (χ4n) is 2.50. The number of anilines is 1. The van der Waals surface area contributed by atoms with E-state index in [1.54, 1.807) is 12.5 Å². The minimum atomic E-state index is -0.0833. The molecule has 23 heavy (non-hydrogen) atoms. The van der Waals surface area contributed by atoms with Gasteiger partial charge < -0.3 is 9.88 Å². The van der Waals surface area contributed by atoms with Crippen LogP contribution in [0.2, 0.25) is 0 Å². The van der Waals surface area contributed by atoms with Crippen molar-refractivity contribution in [3.05, 3.63) is 83.9 Å². The van der Waals surface area contributed by atoms with E-state index in [-0.39, 0.29) is 5.91 Å². The van der Waals surface area contributed by atoms with E-state index in [0.29, 0.717) is 5.56 Å². The number of nitrogens with one attached hydrogen (secondary N) is 1. The lowest BCUT2D eigenvalue weighted by Gasteiger charge is -2.10. The monoisotopic (exact) mass is 305 g/mol. The van der Waals surface area contributed by atoms with Crippen LogP contribution in [-0.2, 0) is 13.0 Å². The second-order valence-electron chi connectivity index (χ2n) is 5.40. The average molecular weight is 305 g/mol. The minimum absolute atomic E-state index is 0.0833. The molecule has 4 heteroatoms. The van der Waals surface area contributed by atoms with Crippen LogP contribution in [0.1, 0.15) is 28.4 Å². The number of aryl methyl sites for hydroxylation is 1. The van der Waals surface area contributed by atoms with Crippen molar-refractivity contribution in [1.82, 2.24) is 9.55 Å². The molecule has 0 saturated carbocycles. The van der Waals surface area contributed by atoms with E-state index in [4.69, 9.17) is 0 Å². The average Bonchev–Trinajstić information content (AvgIpc) is 3.09. The summed E-state index contributed by atoms with van der Waals surface area (Å²) in [5.74, 6) is -0.0833. The van der Waals surface area contributed by atoms with E-state index in [9.17, 15) is 4.79 Å². The number of para-hydroxylation sites is 1. The lowest BCUT2D eigenvalue weighted by molar-refractivity contribution is 0.102. The van der Waals surface area contributed by atoms with Gasteiger partial charge in [-0.25, -0.2) is 4.98 Å². The van der Waals surface area contributed by atoms with Crippen LogP contribution in [0.15, 0.2) is 67.3 Å². The van der Waals surface area contributed by atoms with Gasteiger partial charge in [-0.3, -0.25) is 4.79 Å². The van der Waals surface area contributed by atoms with Gasteiger partial charge in [-0.1, -0.05) is 37.3 Å². The van der Waals surface area contributed by atoms with Gasteiger partial charge in [-0.15, -0.1) is 0 Å². The van der Waals surface area contributed by atoms with E-state index in [1.807, 2.05) is 59.3 Å². The van der Waals surface area contributed by atoms with Crippen molar-refractivity contribution in [3.8, 4) is 0 Å². The van der Waals surface area contributed by atoms with Gasteiger partial charge >= 0.3 is 0 Å². The summed E-state index contributed by atoms with van der Waals surface area (Å²) in [5.41, 5.74) is 3.80. The van der Waals surface area contributed by atoms with E-state index >= 15 is 0 Å². The van der Waals surface area contributed by atoms with Crippen LogP contribution in [0.3, 0.4) is 0 Å². The van der Waals surface area contributed by atoms with Gasteiger partial charge in [0.15, 0.2) is 0 Å². The molecule has 3 rings (SSSR count). The fourth-order valence-corrected chi connectivity index (χ4v) is 2.50. The Kier molecular flexibility index (Phi) is 4.52. The third kappa shape index (κ3) is 3.66. The lowest BCUT2D eigenvalue weighted by atomic mass is 10.1. The SMILES string of the molecule is CCc1ccccc1NC(=O)c1ccc(Cn2ccnc2)cc1. The zero-order chi connectivity index (χ0) is 16.1. The number of nitrogens with zero attached hydrogens (tertiary/aromatic N) is 2. The summed E-state index contributed by atoms with van der Waals surface area (Å²) in [6.45, 7) is 2.83. The summed E-state index contributed by atoms with van der Waals surface area (Å²) in [4.78, 5) is 16.4. The maximum Gasteiger partial charge on any atom is 0.255 e. The summed E-state index contributed by atoms with van der Waals surface area (Å²) in [7, 11) is 0. The van der Waals surface area contributed by atoms with E-state index in [0.717, 1.165) is 29.8 Å². The van der Waals surface area contributed by atoms with Gasteiger partial charge in [-0.2, -0.15) is 0 Å². The maximum absolute atomic E-state index is 12.4. The second-order valence-corrected chi connectivity index (χ2v) is 5.40. The van der Waals surface area contributed by atoms with Crippen LogP contribution in [0.5, 0.6) is 0 Å². The quantitative estimate of drug-likeness (QED) is 0.780. The van der Waals surface area contributed by atoms with Crippen LogP contribution in [0.4, 0.5) is 5.69 Å². The third-order valence-corrected chi connectivity index (χ3v) is 3.79. The molecule has 1 amide bonds. The topological polar surface area (TPSA) is 46.9 Å². The van der Waals surface area contributed by atoms with Crippen LogP contribution in [-0.4, -0.2) is 15.5 Å². The Labute approximate surface area is 135 Å². The Morgan fingerprint density at radius 1 is 1.13 bits per heavy atom. The Balaban J connectivity index is 1.70. The molecule has 0 spiro atoms. The van der Waals surface area contributed by atoms with Crippen molar-refractivity contribution in [2.24, 2.45) is 0 Å². The van der Waals surface area contributed by atoms with Crippen molar-refractivity contribution in [3.63, 3.8) is 0 Å². The highest BCUT2D eigenvalue weighted by atomic mass is 16.1. The molecule has 1 N–H and O–H groups in total. The van der Waals surface area contributed by atoms with Crippen molar-refractivity contribution < 1.29 is 4.79 Å². The molecule has 0 aliphatic heterocycles. The minimum Gasteiger partial charge on any atom is -0.333 e. The van der Waals surface area contributed by atoms with Crippen LogP contribution in [0, 0.1) is 0 Å². The molecule has 0 aliphatic carbocycles. The third-order valence-electron chi connectivity index (χ3n) is 3.79. The Morgan fingerprint density at radius 3 is 2.61 bits per heavy atom. The van der Waals surface area contributed by atoms with Crippen molar-refractivity contribution in [1.29, 1.82) is 0 Å². The molecule has 0 bridgehead atoms. The molecule has 1 aromatic heterocycles. The number of hydrogen-bond donors (Lipinski definition) is 1. The predicted molar refractivity (Wildman–Crippen MR) is 91.5 cm³/mol. The highest BCUT2D eigenvalue weighted by Crippen LogP contribution is 2.17. The summed E-state index contributed by atoms with van der Waals surface area (Å²) in [5, 5.41) is 2.99. The molecule has 0 radical (unpaired) electrons. The summed E-state index contributed by atoms with van der Waals surface area (Å²) < 4.78 is 1.99. The molecule has 0 unspecified atom stereocenters. The molecule has 3 aromatic rings. The van der Waals surface area contributed by atoms with Gasteiger partial charge in [0.05, 0.1) is 6.33 Å². The number of imidazole rings is 1. The molecule has 0 fully saturated rings. The Morgan fingerprint density at radius 2 is 1.91 bits per heavy atom. The first kappa shape index (κ1) is 15.0. The first-order valence-electron chi connectivity index (χ1n) is 7.70. The summed E-state index contributed by atoms with van der Waals surface area (Å²) in [6, 6.07) is 15.5. The number of rotatable bonds is 5. The standard InChI is InChI=1S/C19H19N3O/c1-2-16-5-3-4-6-18(16)21-19(23)17-9-7-15(8-10-17)13-22-12-11-20-14-22/h3-12,14H,2,13H2,1H3,(H,21,23). The smallest absolute Gasteiger partial charge is 0.255 e. The number of carbonyl (C=O) groups excluding carboxylic acids is 1.